The lowest BCUT2D eigenvalue weighted by Gasteiger charge is -2.18. The maximum absolute atomic E-state index is 12.8. The summed E-state index contributed by atoms with van der Waals surface area (Å²) in [5, 5.41) is 0. The lowest BCUT2D eigenvalue weighted by atomic mass is 10.1. The maximum atomic E-state index is 12.8. The van der Waals surface area contributed by atoms with E-state index in [9.17, 15) is 9.59 Å². The van der Waals surface area contributed by atoms with Gasteiger partial charge in [0.15, 0.2) is 4.32 Å². The van der Waals surface area contributed by atoms with Crippen LogP contribution < -0.4 is 4.90 Å². The van der Waals surface area contributed by atoms with Crippen LogP contribution in [0, 0.1) is 0 Å². The zero-order valence-corrected chi connectivity index (χ0v) is 14.7. The zero-order chi connectivity index (χ0) is 17.1. The van der Waals surface area contributed by atoms with Crippen molar-refractivity contribution in [2.45, 2.75) is 13.3 Å². The number of benzene rings is 2. The fraction of sp³-hybridized carbons (Fsp3) is 0.105. The summed E-state index contributed by atoms with van der Waals surface area (Å²) in [6.45, 7) is 2.06. The molecule has 24 heavy (non-hydrogen) atoms. The van der Waals surface area contributed by atoms with Crippen LogP contribution in [-0.2, 0) is 11.2 Å². The smallest absolute Gasteiger partial charge is 0.270 e. The molecule has 1 saturated heterocycles. The molecule has 1 aliphatic rings. The van der Waals surface area contributed by atoms with Gasteiger partial charge < -0.3 is 0 Å². The molecule has 120 valence electrons. The van der Waals surface area contributed by atoms with Gasteiger partial charge in [0.2, 0.25) is 0 Å². The van der Waals surface area contributed by atoms with Crippen LogP contribution in [0.5, 0.6) is 0 Å². The summed E-state index contributed by atoms with van der Waals surface area (Å²) in [7, 11) is 0. The first kappa shape index (κ1) is 16.6. The molecule has 3 nitrogen and oxygen atoms in total. The molecule has 1 fully saturated rings. The van der Waals surface area contributed by atoms with Crippen LogP contribution in [0.3, 0.4) is 0 Å². The molecule has 0 radical (unpaired) electrons. The first-order valence-corrected chi connectivity index (χ1v) is 8.77. The summed E-state index contributed by atoms with van der Waals surface area (Å²) >= 11 is 6.72. The number of thioether (sulfide) groups is 1. The van der Waals surface area contributed by atoms with E-state index < -0.39 is 0 Å². The highest BCUT2D eigenvalue weighted by Gasteiger charge is 2.34. The SMILES string of the molecule is CCc1ccccc1N1C(=O)/C(=C/c2ccc(C=O)cc2)SC1=S. The Hall–Kier alpha value is -2.24. The minimum absolute atomic E-state index is 0.106. The van der Waals surface area contributed by atoms with Crippen molar-refractivity contribution < 1.29 is 9.59 Å². The van der Waals surface area contributed by atoms with E-state index in [-0.39, 0.29) is 5.91 Å². The van der Waals surface area contributed by atoms with E-state index in [0.717, 1.165) is 29.5 Å². The van der Waals surface area contributed by atoms with Gasteiger partial charge in [0.25, 0.3) is 5.91 Å². The number of rotatable bonds is 4. The number of amides is 1. The van der Waals surface area contributed by atoms with Crippen molar-refractivity contribution in [3.8, 4) is 0 Å². The van der Waals surface area contributed by atoms with E-state index in [0.29, 0.717) is 14.8 Å². The van der Waals surface area contributed by atoms with Crippen molar-refractivity contribution in [1.29, 1.82) is 0 Å². The molecule has 0 spiro atoms. The second-order valence-electron chi connectivity index (χ2n) is 5.28. The number of aldehydes is 1. The second kappa shape index (κ2) is 7.11. The summed E-state index contributed by atoms with van der Waals surface area (Å²) < 4.78 is 0.539. The molecule has 1 heterocycles. The lowest BCUT2D eigenvalue weighted by molar-refractivity contribution is -0.113. The molecule has 0 unspecified atom stereocenters. The monoisotopic (exact) mass is 353 g/mol. The van der Waals surface area contributed by atoms with Crippen LogP contribution >= 0.6 is 24.0 Å². The number of anilines is 1. The Balaban J connectivity index is 1.93. The standard InChI is InChI=1S/C19H15NO2S2/c1-2-15-5-3-4-6-16(15)20-18(22)17(24-19(20)23)11-13-7-9-14(12-21)10-8-13/h3-12H,2H2,1H3/b17-11-. The van der Waals surface area contributed by atoms with E-state index in [1.54, 1.807) is 17.0 Å². The first-order valence-electron chi connectivity index (χ1n) is 7.55. The highest BCUT2D eigenvalue weighted by atomic mass is 32.2. The number of hydrogen-bond acceptors (Lipinski definition) is 4. The Morgan fingerprint density at radius 1 is 1.08 bits per heavy atom. The van der Waals surface area contributed by atoms with Gasteiger partial charge in [-0.1, -0.05) is 73.4 Å². The molecule has 0 aromatic heterocycles. The van der Waals surface area contributed by atoms with Gasteiger partial charge in [-0.05, 0) is 29.7 Å². The van der Waals surface area contributed by atoms with Crippen LogP contribution in [0.2, 0.25) is 0 Å². The van der Waals surface area contributed by atoms with Crippen molar-refractivity contribution in [3.05, 3.63) is 70.1 Å². The third-order valence-corrected chi connectivity index (χ3v) is 5.08. The summed E-state index contributed by atoms with van der Waals surface area (Å²) in [6, 6.07) is 14.9. The van der Waals surface area contributed by atoms with Gasteiger partial charge >= 0.3 is 0 Å². The van der Waals surface area contributed by atoms with Gasteiger partial charge in [-0.15, -0.1) is 0 Å². The molecule has 2 aromatic carbocycles. The van der Waals surface area contributed by atoms with Crippen molar-refractivity contribution >= 4 is 52.3 Å². The second-order valence-corrected chi connectivity index (χ2v) is 6.96. The summed E-state index contributed by atoms with van der Waals surface area (Å²) in [4.78, 5) is 25.7. The number of hydrogen-bond donors (Lipinski definition) is 0. The molecule has 3 rings (SSSR count). The average molecular weight is 353 g/mol. The van der Waals surface area contributed by atoms with Crippen LogP contribution in [0.15, 0.2) is 53.4 Å². The number of nitrogens with zero attached hydrogens (tertiary/aromatic N) is 1. The van der Waals surface area contributed by atoms with E-state index in [1.165, 1.54) is 11.8 Å². The molecule has 0 bridgehead atoms. The van der Waals surface area contributed by atoms with E-state index in [2.05, 4.69) is 6.92 Å². The lowest BCUT2D eigenvalue weighted by Crippen LogP contribution is -2.28. The fourth-order valence-corrected chi connectivity index (χ4v) is 3.81. The zero-order valence-electron chi connectivity index (χ0n) is 13.1. The normalized spacial score (nSPS) is 16.0. The molecule has 5 heteroatoms. The van der Waals surface area contributed by atoms with Gasteiger partial charge in [-0.25, -0.2) is 0 Å². The van der Waals surface area contributed by atoms with E-state index >= 15 is 0 Å². The van der Waals surface area contributed by atoms with Crippen LogP contribution in [0.1, 0.15) is 28.4 Å². The predicted octanol–water partition coefficient (Wildman–Crippen LogP) is 4.47. The average Bonchev–Trinajstić information content (AvgIpc) is 2.89. The summed E-state index contributed by atoms with van der Waals surface area (Å²) in [5.74, 6) is -0.106. The number of carbonyl (C=O) groups is 2. The molecule has 0 atom stereocenters. The predicted molar refractivity (Wildman–Crippen MR) is 103 cm³/mol. The molecular formula is C19H15NO2S2. The molecule has 0 N–H and O–H groups in total. The number of para-hydroxylation sites is 1. The Morgan fingerprint density at radius 3 is 2.42 bits per heavy atom. The number of thiocarbonyl (C=S) groups is 1. The van der Waals surface area contributed by atoms with E-state index in [1.807, 2.05) is 42.5 Å². The van der Waals surface area contributed by atoms with Gasteiger partial charge in [0, 0.05) is 5.56 Å². The van der Waals surface area contributed by atoms with Crippen LogP contribution in [-0.4, -0.2) is 16.5 Å². The molecule has 2 aromatic rings. The van der Waals surface area contributed by atoms with Crippen LogP contribution in [0.25, 0.3) is 6.08 Å². The van der Waals surface area contributed by atoms with Crippen molar-refractivity contribution in [2.24, 2.45) is 0 Å². The highest BCUT2D eigenvalue weighted by molar-refractivity contribution is 8.27. The number of carbonyl (C=O) groups excluding carboxylic acids is 2. The Labute approximate surface area is 150 Å². The highest BCUT2D eigenvalue weighted by Crippen LogP contribution is 2.37. The molecular weight excluding hydrogens is 338 g/mol. The van der Waals surface area contributed by atoms with Gasteiger partial charge in [0.1, 0.15) is 6.29 Å². The topological polar surface area (TPSA) is 37.4 Å². The van der Waals surface area contributed by atoms with Gasteiger partial charge in [-0.3, -0.25) is 14.5 Å². The molecule has 0 saturated carbocycles. The summed E-state index contributed by atoms with van der Waals surface area (Å²) in [6.07, 6.45) is 3.44. The van der Waals surface area contributed by atoms with Crippen molar-refractivity contribution in [2.75, 3.05) is 4.90 Å². The quantitative estimate of drug-likeness (QED) is 0.462. The first-order chi connectivity index (χ1) is 11.6. The number of aryl methyl sites for hydroxylation is 1. The van der Waals surface area contributed by atoms with Gasteiger partial charge in [0.05, 0.1) is 10.6 Å². The summed E-state index contributed by atoms with van der Waals surface area (Å²) in [5.41, 5.74) is 3.41. The third kappa shape index (κ3) is 3.18. The minimum atomic E-state index is -0.106. The Morgan fingerprint density at radius 2 is 1.75 bits per heavy atom. The minimum Gasteiger partial charge on any atom is -0.298 e. The molecule has 1 amide bonds. The Bertz CT molecular complexity index is 841. The Kier molecular flexibility index (Phi) is 4.92. The van der Waals surface area contributed by atoms with Crippen molar-refractivity contribution in [3.63, 3.8) is 0 Å². The van der Waals surface area contributed by atoms with Crippen molar-refractivity contribution in [1.82, 2.24) is 0 Å². The van der Waals surface area contributed by atoms with Crippen LogP contribution in [0.4, 0.5) is 5.69 Å². The van der Waals surface area contributed by atoms with Gasteiger partial charge in [-0.2, -0.15) is 0 Å². The maximum Gasteiger partial charge on any atom is 0.270 e. The molecule has 1 aliphatic heterocycles. The largest absolute Gasteiger partial charge is 0.298 e. The molecule has 0 aliphatic carbocycles. The fourth-order valence-electron chi connectivity index (χ4n) is 2.53. The third-order valence-electron chi connectivity index (χ3n) is 3.78. The van der Waals surface area contributed by atoms with E-state index in [4.69, 9.17) is 12.2 Å².